The summed E-state index contributed by atoms with van der Waals surface area (Å²) in [4.78, 5) is 2.63. The van der Waals surface area contributed by atoms with Gasteiger partial charge in [0.15, 0.2) is 0 Å². The molecule has 1 heterocycles. The SMILES string of the molecule is CCNC(CN1CCCC1)C1CC1. The summed E-state index contributed by atoms with van der Waals surface area (Å²) in [5, 5.41) is 3.63. The number of nitrogens with one attached hydrogen (secondary N) is 1. The molecule has 1 saturated carbocycles. The molecule has 0 bridgehead atoms. The lowest BCUT2D eigenvalue weighted by molar-refractivity contribution is 0.277. The van der Waals surface area contributed by atoms with Crippen LogP contribution >= 0.6 is 0 Å². The molecule has 2 fully saturated rings. The molecule has 1 unspecified atom stereocenters. The Hall–Kier alpha value is -0.0800. The molecule has 0 aromatic rings. The van der Waals surface area contributed by atoms with Crippen LogP contribution in [0.3, 0.4) is 0 Å². The molecule has 1 atom stereocenters. The molecule has 13 heavy (non-hydrogen) atoms. The van der Waals surface area contributed by atoms with Crippen LogP contribution in [0, 0.1) is 5.92 Å². The van der Waals surface area contributed by atoms with Crippen molar-refractivity contribution in [1.29, 1.82) is 0 Å². The Morgan fingerprint density at radius 3 is 2.54 bits per heavy atom. The normalized spacial score (nSPS) is 26.5. The molecular weight excluding hydrogens is 160 g/mol. The van der Waals surface area contributed by atoms with Crippen molar-refractivity contribution in [2.75, 3.05) is 26.2 Å². The van der Waals surface area contributed by atoms with Gasteiger partial charge in [-0.05, 0) is 51.2 Å². The monoisotopic (exact) mass is 182 g/mol. The van der Waals surface area contributed by atoms with E-state index >= 15 is 0 Å². The molecular formula is C11H22N2. The van der Waals surface area contributed by atoms with Gasteiger partial charge in [-0.25, -0.2) is 0 Å². The molecule has 0 spiro atoms. The second kappa shape index (κ2) is 4.43. The van der Waals surface area contributed by atoms with Gasteiger partial charge in [0.05, 0.1) is 0 Å². The Morgan fingerprint density at radius 1 is 1.31 bits per heavy atom. The number of likely N-dealkylation sites (N-methyl/N-ethyl adjacent to an activating group) is 1. The Balaban J connectivity index is 1.74. The van der Waals surface area contributed by atoms with E-state index < -0.39 is 0 Å². The molecule has 76 valence electrons. The summed E-state index contributed by atoms with van der Waals surface area (Å²) in [5.74, 6) is 1.00. The van der Waals surface area contributed by atoms with Crippen molar-refractivity contribution < 1.29 is 0 Å². The lowest BCUT2D eigenvalue weighted by Gasteiger charge is -2.23. The Morgan fingerprint density at radius 2 is 2.00 bits per heavy atom. The van der Waals surface area contributed by atoms with Crippen LogP contribution in [0.25, 0.3) is 0 Å². The summed E-state index contributed by atoms with van der Waals surface area (Å²) >= 11 is 0. The highest BCUT2D eigenvalue weighted by Gasteiger charge is 2.32. The summed E-state index contributed by atoms with van der Waals surface area (Å²) in [6, 6.07) is 0.795. The predicted octanol–water partition coefficient (Wildman–Crippen LogP) is 1.47. The first kappa shape index (κ1) is 9.47. The van der Waals surface area contributed by atoms with Crippen LogP contribution in [-0.2, 0) is 0 Å². The number of likely N-dealkylation sites (tertiary alicyclic amines) is 1. The first-order chi connectivity index (χ1) is 6.40. The van der Waals surface area contributed by atoms with Gasteiger partial charge in [-0.1, -0.05) is 6.92 Å². The number of hydrogen-bond acceptors (Lipinski definition) is 2. The highest BCUT2D eigenvalue weighted by Crippen LogP contribution is 2.33. The highest BCUT2D eigenvalue weighted by atomic mass is 15.2. The first-order valence-corrected chi connectivity index (χ1v) is 5.86. The van der Waals surface area contributed by atoms with Crippen LogP contribution in [0.15, 0.2) is 0 Å². The number of hydrogen-bond donors (Lipinski definition) is 1. The molecule has 2 rings (SSSR count). The molecule has 1 saturated heterocycles. The maximum atomic E-state index is 3.63. The van der Waals surface area contributed by atoms with Gasteiger partial charge in [-0.3, -0.25) is 0 Å². The van der Waals surface area contributed by atoms with E-state index in [1.54, 1.807) is 0 Å². The van der Waals surface area contributed by atoms with Crippen molar-refractivity contribution in [2.24, 2.45) is 5.92 Å². The van der Waals surface area contributed by atoms with E-state index in [0.29, 0.717) is 0 Å². The van der Waals surface area contributed by atoms with Gasteiger partial charge in [0.25, 0.3) is 0 Å². The molecule has 1 aliphatic heterocycles. The summed E-state index contributed by atoms with van der Waals surface area (Å²) in [5.41, 5.74) is 0. The fourth-order valence-electron chi connectivity index (χ4n) is 2.38. The van der Waals surface area contributed by atoms with E-state index in [4.69, 9.17) is 0 Å². The zero-order chi connectivity index (χ0) is 9.10. The second-order valence-corrected chi connectivity index (χ2v) is 4.51. The maximum absolute atomic E-state index is 3.63. The van der Waals surface area contributed by atoms with Crippen LogP contribution in [0.5, 0.6) is 0 Å². The van der Waals surface area contributed by atoms with Crippen molar-refractivity contribution in [2.45, 2.75) is 38.6 Å². The van der Waals surface area contributed by atoms with Crippen LogP contribution in [0.4, 0.5) is 0 Å². The van der Waals surface area contributed by atoms with Gasteiger partial charge in [0.2, 0.25) is 0 Å². The third kappa shape index (κ3) is 2.68. The molecule has 0 radical (unpaired) electrons. The summed E-state index contributed by atoms with van der Waals surface area (Å²) in [6.45, 7) is 7.34. The second-order valence-electron chi connectivity index (χ2n) is 4.51. The van der Waals surface area contributed by atoms with Gasteiger partial charge >= 0.3 is 0 Å². The average Bonchev–Trinajstić information content (AvgIpc) is 2.85. The van der Waals surface area contributed by atoms with Crippen molar-refractivity contribution in [3.8, 4) is 0 Å². The highest BCUT2D eigenvalue weighted by molar-refractivity contribution is 4.88. The first-order valence-electron chi connectivity index (χ1n) is 5.86. The number of nitrogens with zero attached hydrogens (tertiary/aromatic N) is 1. The molecule has 1 N–H and O–H groups in total. The van der Waals surface area contributed by atoms with Crippen LogP contribution < -0.4 is 5.32 Å². The topological polar surface area (TPSA) is 15.3 Å². The molecule has 2 nitrogen and oxygen atoms in total. The Labute approximate surface area is 81.7 Å². The van der Waals surface area contributed by atoms with Gasteiger partial charge in [-0.2, -0.15) is 0 Å². The standard InChI is InChI=1S/C11H22N2/c1-2-12-11(10-5-6-10)9-13-7-3-4-8-13/h10-12H,2-9H2,1H3. The van der Waals surface area contributed by atoms with Crippen LogP contribution in [-0.4, -0.2) is 37.1 Å². The van der Waals surface area contributed by atoms with Gasteiger partial charge in [0.1, 0.15) is 0 Å². The van der Waals surface area contributed by atoms with Gasteiger partial charge in [-0.15, -0.1) is 0 Å². The van der Waals surface area contributed by atoms with E-state index in [-0.39, 0.29) is 0 Å². The van der Waals surface area contributed by atoms with E-state index in [0.717, 1.165) is 18.5 Å². The van der Waals surface area contributed by atoms with Gasteiger partial charge in [0, 0.05) is 12.6 Å². The van der Waals surface area contributed by atoms with Crippen molar-refractivity contribution in [1.82, 2.24) is 10.2 Å². The fraction of sp³-hybridized carbons (Fsp3) is 1.00. The number of rotatable bonds is 5. The van der Waals surface area contributed by atoms with Crippen molar-refractivity contribution in [3.05, 3.63) is 0 Å². The predicted molar refractivity (Wildman–Crippen MR) is 55.9 cm³/mol. The Kier molecular flexibility index (Phi) is 3.23. The average molecular weight is 182 g/mol. The van der Waals surface area contributed by atoms with E-state index in [1.807, 2.05) is 0 Å². The minimum absolute atomic E-state index is 0.795. The minimum atomic E-state index is 0.795. The van der Waals surface area contributed by atoms with Crippen molar-refractivity contribution >= 4 is 0 Å². The molecule has 0 aromatic heterocycles. The lowest BCUT2D eigenvalue weighted by Crippen LogP contribution is -2.41. The zero-order valence-corrected chi connectivity index (χ0v) is 8.76. The minimum Gasteiger partial charge on any atom is -0.313 e. The third-order valence-corrected chi connectivity index (χ3v) is 3.31. The van der Waals surface area contributed by atoms with Gasteiger partial charge < -0.3 is 10.2 Å². The van der Waals surface area contributed by atoms with E-state index in [2.05, 4.69) is 17.1 Å². The van der Waals surface area contributed by atoms with Crippen LogP contribution in [0.1, 0.15) is 32.6 Å². The lowest BCUT2D eigenvalue weighted by atomic mass is 10.1. The zero-order valence-electron chi connectivity index (χ0n) is 8.76. The quantitative estimate of drug-likeness (QED) is 0.692. The molecule has 2 aliphatic rings. The summed E-state index contributed by atoms with van der Waals surface area (Å²) in [6.07, 6.45) is 5.77. The fourth-order valence-corrected chi connectivity index (χ4v) is 2.38. The molecule has 0 amide bonds. The van der Waals surface area contributed by atoms with E-state index in [9.17, 15) is 0 Å². The smallest absolute Gasteiger partial charge is 0.0223 e. The van der Waals surface area contributed by atoms with E-state index in [1.165, 1.54) is 45.3 Å². The Bertz CT molecular complexity index is 148. The third-order valence-electron chi connectivity index (χ3n) is 3.31. The summed E-state index contributed by atoms with van der Waals surface area (Å²) < 4.78 is 0. The largest absolute Gasteiger partial charge is 0.313 e. The van der Waals surface area contributed by atoms with Crippen LogP contribution in [0.2, 0.25) is 0 Å². The maximum Gasteiger partial charge on any atom is 0.0223 e. The molecule has 1 aliphatic carbocycles. The summed E-state index contributed by atoms with van der Waals surface area (Å²) in [7, 11) is 0. The molecule has 2 heteroatoms. The molecule has 0 aromatic carbocycles. The van der Waals surface area contributed by atoms with Crippen molar-refractivity contribution in [3.63, 3.8) is 0 Å².